The Morgan fingerprint density at radius 1 is 1.07 bits per heavy atom. The van der Waals surface area contributed by atoms with Crippen LogP contribution in [0.4, 0.5) is 13.2 Å². The van der Waals surface area contributed by atoms with E-state index >= 15 is 0 Å². The van der Waals surface area contributed by atoms with Crippen molar-refractivity contribution in [1.29, 1.82) is 0 Å². The van der Waals surface area contributed by atoms with Gasteiger partial charge in [-0.3, -0.25) is 9.25 Å². The molecule has 4 rings (SSSR count). The Balaban J connectivity index is 1.98. The van der Waals surface area contributed by atoms with E-state index in [1.807, 2.05) is 0 Å². The number of nitrogens with zero attached hydrogens (tertiary/aromatic N) is 6. The summed E-state index contributed by atoms with van der Waals surface area (Å²) in [5.74, 6) is 0.829. The molecule has 0 saturated heterocycles. The molecule has 0 aliphatic heterocycles. The molecule has 0 atom stereocenters. The van der Waals surface area contributed by atoms with Gasteiger partial charge in [-0.15, -0.1) is 0 Å². The molecule has 0 aliphatic rings. The van der Waals surface area contributed by atoms with Gasteiger partial charge in [-0.05, 0) is 12.1 Å². The van der Waals surface area contributed by atoms with Crippen LogP contribution >= 0.6 is 0 Å². The first kappa shape index (κ1) is 17.0. The zero-order valence-electron chi connectivity index (χ0n) is 14.3. The first-order valence-corrected chi connectivity index (χ1v) is 7.82. The SMILES string of the molecule is COc1ccc(-n2c(-c3cnn(C)c3)nc3cc(C(F)(F)F)cnc32)cn1. The van der Waals surface area contributed by atoms with Crippen molar-refractivity contribution in [2.24, 2.45) is 7.05 Å². The van der Waals surface area contributed by atoms with Crippen LogP contribution in [-0.4, -0.2) is 36.4 Å². The number of halogens is 3. The third-order valence-electron chi connectivity index (χ3n) is 3.98. The van der Waals surface area contributed by atoms with Crippen LogP contribution in [0, 0.1) is 0 Å². The smallest absolute Gasteiger partial charge is 0.417 e. The Bertz CT molecular complexity index is 1110. The number of rotatable bonds is 3. The van der Waals surface area contributed by atoms with Crippen LogP contribution in [0.1, 0.15) is 5.56 Å². The Morgan fingerprint density at radius 3 is 2.48 bits per heavy atom. The fourth-order valence-electron chi connectivity index (χ4n) is 2.72. The molecule has 0 amide bonds. The second kappa shape index (κ2) is 6.08. The van der Waals surface area contributed by atoms with Gasteiger partial charge in [0.2, 0.25) is 5.88 Å². The summed E-state index contributed by atoms with van der Waals surface area (Å²) in [5, 5.41) is 4.11. The number of ether oxygens (including phenoxy) is 1. The van der Waals surface area contributed by atoms with E-state index < -0.39 is 11.7 Å². The fraction of sp³-hybridized carbons (Fsp3) is 0.176. The van der Waals surface area contributed by atoms with E-state index in [2.05, 4.69) is 20.1 Å². The van der Waals surface area contributed by atoms with Crippen LogP contribution < -0.4 is 4.74 Å². The Morgan fingerprint density at radius 2 is 1.89 bits per heavy atom. The summed E-state index contributed by atoms with van der Waals surface area (Å²) >= 11 is 0. The highest BCUT2D eigenvalue weighted by Crippen LogP contribution is 2.33. The highest BCUT2D eigenvalue weighted by atomic mass is 19.4. The lowest BCUT2D eigenvalue weighted by atomic mass is 10.2. The van der Waals surface area contributed by atoms with E-state index in [0.717, 1.165) is 12.3 Å². The van der Waals surface area contributed by atoms with Crippen molar-refractivity contribution < 1.29 is 17.9 Å². The molecule has 4 heterocycles. The van der Waals surface area contributed by atoms with E-state index in [0.29, 0.717) is 23.0 Å². The summed E-state index contributed by atoms with van der Waals surface area (Å²) in [6.07, 6.45) is 1.14. The quantitative estimate of drug-likeness (QED) is 0.551. The van der Waals surface area contributed by atoms with Crippen molar-refractivity contribution in [3.63, 3.8) is 0 Å². The molecule has 4 aromatic heterocycles. The number of aromatic nitrogens is 6. The van der Waals surface area contributed by atoms with Crippen molar-refractivity contribution in [2.45, 2.75) is 6.18 Å². The zero-order chi connectivity index (χ0) is 19.2. The van der Waals surface area contributed by atoms with E-state index in [1.54, 1.807) is 47.0 Å². The van der Waals surface area contributed by atoms with Gasteiger partial charge in [-0.25, -0.2) is 15.0 Å². The van der Waals surface area contributed by atoms with E-state index in [4.69, 9.17) is 4.74 Å². The standard InChI is InChI=1S/C17H13F3N6O/c1-25-9-10(6-23-25)15-24-13-5-11(17(18,19)20)7-22-16(13)26(15)12-3-4-14(27-2)21-8-12/h3-9H,1-2H3. The molecule has 4 aromatic rings. The Hall–Kier alpha value is -3.43. The Labute approximate surface area is 151 Å². The van der Waals surface area contributed by atoms with Gasteiger partial charge in [0, 0.05) is 25.5 Å². The number of methoxy groups -OCH3 is 1. The van der Waals surface area contributed by atoms with Crippen molar-refractivity contribution in [3.05, 3.63) is 48.5 Å². The normalized spacial score (nSPS) is 11.9. The molecular weight excluding hydrogens is 361 g/mol. The minimum atomic E-state index is -4.50. The first-order chi connectivity index (χ1) is 12.9. The van der Waals surface area contributed by atoms with Crippen LogP contribution in [0.5, 0.6) is 5.88 Å². The molecule has 0 aliphatic carbocycles. The van der Waals surface area contributed by atoms with Crippen molar-refractivity contribution in [2.75, 3.05) is 7.11 Å². The van der Waals surface area contributed by atoms with Crippen LogP contribution in [0.3, 0.4) is 0 Å². The molecule has 0 spiro atoms. The van der Waals surface area contributed by atoms with Crippen molar-refractivity contribution in [1.82, 2.24) is 29.3 Å². The minimum Gasteiger partial charge on any atom is -0.481 e. The molecule has 0 saturated carbocycles. The average Bonchev–Trinajstić information content (AvgIpc) is 3.23. The minimum absolute atomic E-state index is 0.125. The summed E-state index contributed by atoms with van der Waals surface area (Å²) in [7, 11) is 3.24. The molecule has 27 heavy (non-hydrogen) atoms. The maximum atomic E-state index is 13.0. The molecule has 0 N–H and O–H groups in total. The summed E-state index contributed by atoms with van der Waals surface area (Å²) in [4.78, 5) is 12.5. The number of imidazole rings is 1. The zero-order valence-corrected chi connectivity index (χ0v) is 14.3. The molecule has 0 aromatic carbocycles. The maximum Gasteiger partial charge on any atom is 0.417 e. The molecule has 138 valence electrons. The highest BCUT2D eigenvalue weighted by molar-refractivity contribution is 5.80. The first-order valence-electron chi connectivity index (χ1n) is 7.82. The average molecular weight is 374 g/mol. The highest BCUT2D eigenvalue weighted by Gasteiger charge is 2.32. The summed E-state index contributed by atoms with van der Waals surface area (Å²) in [6, 6.07) is 4.36. The van der Waals surface area contributed by atoms with Crippen molar-refractivity contribution in [3.8, 4) is 23.0 Å². The predicted molar refractivity (Wildman–Crippen MR) is 90.4 cm³/mol. The van der Waals surface area contributed by atoms with Gasteiger partial charge >= 0.3 is 6.18 Å². The monoisotopic (exact) mass is 374 g/mol. The largest absolute Gasteiger partial charge is 0.481 e. The lowest BCUT2D eigenvalue weighted by Crippen LogP contribution is -2.06. The number of hydrogen-bond acceptors (Lipinski definition) is 5. The van der Waals surface area contributed by atoms with Gasteiger partial charge in [0.1, 0.15) is 11.3 Å². The lowest BCUT2D eigenvalue weighted by molar-refractivity contribution is -0.137. The molecule has 0 bridgehead atoms. The van der Waals surface area contributed by atoms with E-state index in [9.17, 15) is 13.2 Å². The molecule has 7 nitrogen and oxygen atoms in total. The van der Waals surface area contributed by atoms with Gasteiger partial charge in [-0.1, -0.05) is 0 Å². The van der Waals surface area contributed by atoms with E-state index in [-0.39, 0.29) is 11.2 Å². The number of hydrogen-bond donors (Lipinski definition) is 0. The summed E-state index contributed by atoms with van der Waals surface area (Å²) in [6.45, 7) is 0. The predicted octanol–water partition coefficient (Wildman–Crippen LogP) is 3.24. The summed E-state index contributed by atoms with van der Waals surface area (Å²) in [5.41, 5.74) is 0.780. The summed E-state index contributed by atoms with van der Waals surface area (Å²) < 4.78 is 47.4. The molecule has 0 radical (unpaired) electrons. The Kier molecular flexibility index (Phi) is 3.83. The van der Waals surface area contributed by atoms with Crippen LogP contribution in [-0.2, 0) is 13.2 Å². The number of pyridine rings is 2. The number of alkyl halides is 3. The molecule has 10 heteroatoms. The molecular formula is C17H13F3N6O. The fourth-order valence-corrected chi connectivity index (χ4v) is 2.72. The third kappa shape index (κ3) is 2.98. The number of fused-ring (bicyclic) bond motifs is 1. The van der Waals surface area contributed by atoms with Crippen LogP contribution in [0.15, 0.2) is 43.0 Å². The second-order valence-electron chi connectivity index (χ2n) is 5.80. The lowest BCUT2D eigenvalue weighted by Gasteiger charge is -2.09. The van der Waals surface area contributed by atoms with Gasteiger partial charge in [0.05, 0.1) is 36.3 Å². The van der Waals surface area contributed by atoms with Gasteiger partial charge in [-0.2, -0.15) is 18.3 Å². The molecule has 0 fully saturated rings. The van der Waals surface area contributed by atoms with Gasteiger partial charge < -0.3 is 4.74 Å². The van der Waals surface area contributed by atoms with Gasteiger partial charge in [0.25, 0.3) is 0 Å². The number of aryl methyl sites for hydroxylation is 1. The second-order valence-corrected chi connectivity index (χ2v) is 5.80. The van der Waals surface area contributed by atoms with E-state index in [1.165, 1.54) is 7.11 Å². The van der Waals surface area contributed by atoms with Crippen molar-refractivity contribution >= 4 is 11.2 Å². The van der Waals surface area contributed by atoms with Crippen LogP contribution in [0.25, 0.3) is 28.2 Å². The molecule has 0 unspecified atom stereocenters. The maximum absolute atomic E-state index is 13.0. The van der Waals surface area contributed by atoms with Crippen LogP contribution in [0.2, 0.25) is 0 Å². The topological polar surface area (TPSA) is 70.7 Å². The van der Waals surface area contributed by atoms with Gasteiger partial charge in [0.15, 0.2) is 5.65 Å². The third-order valence-corrected chi connectivity index (χ3v) is 3.98.